The lowest BCUT2D eigenvalue weighted by Crippen LogP contribution is -2.38. The third kappa shape index (κ3) is 3.45. The van der Waals surface area contributed by atoms with E-state index in [2.05, 4.69) is 10.3 Å². The third-order valence-corrected chi connectivity index (χ3v) is 5.60. The maximum Gasteiger partial charge on any atom is 0.310 e. The molecule has 0 saturated carbocycles. The van der Waals surface area contributed by atoms with Crippen molar-refractivity contribution in [1.82, 2.24) is 20.2 Å². The molecule has 0 aromatic carbocycles. The van der Waals surface area contributed by atoms with Gasteiger partial charge in [0.1, 0.15) is 11.4 Å². The maximum absolute atomic E-state index is 12.7. The highest BCUT2D eigenvalue weighted by Crippen LogP contribution is 2.33. The molecule has 0 radical (unpaired) electrons. The molecule has 1 amide bonds. The van der Waals surface area contributed by atoms with Crippen molar-refractivity contribution >= 4 is 11.9 Å². The van der Waals surface area contributed by atoms with Crippen LogP contribution < -0.4 is 5.32 Å². The van der Waals surface area contributed by atoms with Crippen molar-refractivity contribution in [1.29, 1.82) is 0 Å². The molecule has 0 unspecified atom stereocenters. The third-order valence-electron chi connectivity index (χ3n) is 5.60. The van der Waals surface area contributed by atoms with Gasteiger partial charge in [0.2, 0.25) is 5.91 Å². The summed E-state index contributed by atoms with van der Waals surface area (Å²) in [4.78, 5) is 35.7. The second kappa shape index (κ2) is 6.61. The highest BCUT2D eigenvalue weighted by atomic mass is 16.6. The van der Waals surface area contributed by atoms with Crippen LogP contribution in [0.5, 0.6) is 0 Å². The summed E-state index contributed by atoms with van der Waals surface area (Å²) in [6.07, 6.45) is 4.53. The van der Waals surface area contributed by atoms with E-state index >= 15 is 0 Å². The van der Waals surface area contributed by atoms with E-state index in [0.717, 1.165) is 43.0 Å². The number of carbonyl (C=O) groups is 2. The van der Waals surface area contributed by atoms with Crippen molar-refractivity contribution in [2.45, 2.75) is 57.6 Å². The molecule has 26 heavy (non-hydrogen) atoms. The van der Waals surface area contributed by atoms with Crippen molar-refractivity contribution in [2.24, 2.45) is 5.92 Å². The van der Waals surface area contributed by atoms with Gasteiger partial charge in [-0.25, -0.2) is 9.97 Å². The first-order valence-electron chi connectivity index (χ1n) is 9.47. The van der Waals surface area contributed by atoms with E-state index in [1.54, 1.807) is 0 Å². The van der Waals surface area contributed by atoms with Crippen LogP contribution in [0.1, 0.15) is 56.1 Å². The number of hydrogen-bond donors (Lipinski definition) is 1. The molecule has 140 valence electrons. The van der Waals surface area contributed by atoms with E-state index in [9.17, 15) is 9.59 Å². The highest BCUT2D eigenvalue weighted by Gasteiger charge is 2.41. The summed E-state index contributed by atoms with van der Waals surface area (Å²) in [5.41, 5.74) is 1.62. The average molecular weight is 358 g/mol. The summed E-state index contributed by atoms with van der Waals surface area (Å²) in [6, 6.07) is 0. The summed E-state index contributed by atoms with van der Waals surface area (Å²) in [5.74, 6) is 0.756. The monoisotopic (exact) mass is 358 g/mol. The van der Waals surface area contributed by atoms with E-state index in [-0.39, 0.29) is 24.2 Å². The predicted octanol–water partition coefficient (Wildman–Crippen LogP) is 1.17. The molecule has 3 aliphatic heterocycles. The molecule has 4 rings (SSSR count). The first-order chi connectivity index (χ1) is 12.4. The fraction of sp³-hybridized carbons (Fsp3) is 0.684. The molecule has 0 spiro atoms. The Balaban J connectivity index is 1.40. The number of esters is 1. The molecule has 2 fully saturated rings. The van der Waals surface area contributed by atoms with Crippen LogP contribution in [0, 0.1) is 5.92 Å². The van der Waals surface area contributed by atoms with Crippen LogP contribution in [0.3, 0.4) is 0 Å². The number of fused-ring (bicyclic) bond motifs is 1. The largest absolute Gasteiger partial charge is 0.459 e. The fourth-order valence-corrected chi connectivity index (χ4v) is 4.19. The topological polar surface area (TPSA) is 84.4 Å². The molecule has 3 aliphatic rings. The van der Waals surface area contributed by atoms with Crippen molar-refractivity contribution in [3.05, 3.63) is 23.3 Å². The molecule has 0 bridgehead atoms. The summed E-state index contributed by atoms with van der Waals surface area (Å²) >= 11 is 0. The zero-order chi connectivity index (χ0) is 18.3. The lowest BCUT2D eigenvalue weighted by atomic mass is 9.94. The smallest absolute Gasteiger partial charge is 0.310 e. The van der Waals surface area contributed by atoms with Gasteiger partial charge < -0.3 is 15.0 Å². The minimum atomic E-state index is -0.462. The molecule has 7 nitrogen and oxygen atoms in total. The van der Waals surface area contributed by atoms with E-state index in [1.807, 2.05) is 24.9 Å². The van der Waals surface area contributed by atoms with E-state index in [0.29, 0.717) is 25.4 Å². The zero-order valence-electron chi connectivity index (χ0n) is 15.5. The van der Waals surface area contributed by atoms with Gasteiger partial charge in [0, 0.05) is 56.6 Å². The number of ether oxygens (including phenoxy) is 1. The minimum Gasteiger partial charge on any atom is -0.459 e. The molecular formula is C19H26N4O3. The number of nitrogens with one attached hydrogen (secondary N) is 1. The molecule has 0 aliphatic carbocycles. The van der Waals surface area contributed by atoms with E-state index in [4.69, 9.17) is 9.72 Å². The molecule has 2 atom stereocenters. The van der Waals surface area contributed by atoms with E-state index < -0.39 is 5.60 Å². The van der Waals surface area contributed by atoms with Crippen LogP contribution in [0.2, 0.25) is 0 Å². The van der Waals surface area contributed by atoms with Crippen LogP contribution >= 0.6 is 0 Å². The number of aromatic nitrogens is 2. The Morgan fingerprint density at radius 2 is 2.31 bits per heavy atom. The minimum absolute atomic E-state index is 0.0133. The van der Waals surface area contributed by atoms with Gasteiger partial charge in [0.15, 0.2) is 0 Å². The van der Waals surface area contributed by atoms with Gasteiger partial charge in [0.05, 0.1) is 11.6 Å². The fourth-order valence-electron chi connectivity index (χ4n) is 4.19. The number of nitrogens with zero attached hydrogens (tertiary/aromatic N) is 3. The Bertz CT molecular complexity index is 727. The van der Waals surface area contributed by atoms with Gasteiger partial charge >= 0.3 is 5.97 Å². The van der Waals surface area contributed by atoms with Gasteiger partial charge in [-0.05, 0) is 26.8 Å². The summed E-state index contributed by atoms with van der Waals surface area (Å²) in [5, 5.41) is 3.35. The van der Waals surface area contributed by atoms with Crippen LogP contribution in [0.15, 0.2) is 6.20 Å². The molecule has 1 aromatic heterocycles. The first kappa shape index (κ1) is 17.4. The summed E-state index contributed by atoms with van der Waals surface area (Å²) < 4.78 is 5.33. The molecule has 7 heteroatoms. The Morgan fingerprint density at radius 3 is 3.00 bits per heavy atom. The Hall–Kier alpha value is -2.02. The number of amides is 1. The number of rotatable bonds is 3. The Kier molecular flexibility index (Phi) is 4.42. The molecule has 4 heterocycles. The zero-order valence-corrected chi connectivity index (χ0v) is 15.5. The van der Waals surface area contributed by atoms with Gasteiger partial charge in [-0.15, -0.1) is 0 Å². The van der Waals surface area contributed by atoms with Gasteiger partial charge in [-0.2, -0.15) is 0 Å². The first-order valence-corrected chi connectivity index (χ1v) is 9.47. The van der Waals surface area contributed by atoms with Gasteiger partial charge in [0.25, 0.3) is 0 Å². The number of carbonyl (C=O) groups excluding carboxylic acids is 2. The normalized spacial score (nSPS) is 27.3. The van der Waals surface area contributed by atoms with Crippen molar-refractivity contribution in [2.75, 3.05) is 19.6 Å². The Morgan fingerprint density at radius 1 is 1.46 bits per heavy atom. The van der Waals surface area contributed by atoms with Crippen molar-refractivity contribution < 1.29 is 14.3 Å². The van der Waals surface area contributed by atoms with Crippen LogP contribution in [0.4, 0.5) is 0 Å². The molecule has 2 saturated heterocycles. The Labute approximate surface area is 153 Å². The summed E-state index contributed by atoms with van der Waals surface area (Å²) in [7, 11) is 0. The number of cyclic esters (lactones) is 1. The predicted molar refractivity (Wildman–Crippen MR) is 94.3 cm³/mol. The van der Waals surface area contributed by atoms with Crippen molar-refractivity contribution in [3.63, 3.8) is 0 Å². The average Bonchev–Trinajstić information content (AvgIpc) is 3.22. The maximum atomic E-state index is 12.7. The van der Waals surface area contributed by atoms with Crippen LogP contribution in [-0.2, 0) is 27.3 Å². The van der Waals surface area contributed by atoms with Crippen LogP contribution in [-0.4, -0.2) is 52.0 Å². The standard InChI is InChI=1S/C19H26N4O3/c1-19(2)8-13(18(25)26-19)7-16(24)23-6-4-15-14(11-23)10-21-17(22-15)12-3-5-20-9-12/h10,12-13,20H,3-9,11H2,1-2H3/t12-,13+/m1/s1. The van der Waals surface area contributed by atoms with E-state index in [1.165, 1.54) is 0 Å². The second-order valence-corrected chi connectivity index (χ2v) is 8.24. The van der Waals surface area contributed by atoms with Crippen molar-refractivity contribution in [3.8, 4) is 0 Å². The lowest BCUT2D eigenvalue weighted by Gasteiger charge is -2.29. The number of hydrogen-bond acceptors (Lipinski definition) is 6. The molecular weight excluding hydrogens is 332 g/mol. The molecule has 1 N–H and O–H groups in total. The van der Waals surface area contributed by atoms with Gasteiger partial charge in [-0.3, -0.25) is 9.59 Å². The summed E-state index contributed by atoms with van der Waals surface area (Å²) in [6.45, 7) is 6.92. The quantitative estimate of drug-likeness (QED) is 0.817. The lowest BCUT2D eigenvalue weighted by molar-refractivity contribution is -0.150. The second-order valence-electron chi connectivity index (χ2n) is 8.24. The SMILES string of the molecule is CC1(C)C[C@H](CC(=O)N2CCc3nc([C@@H]4CCNC4)ncc3C2)C(=O)O1. The highest BCUT2D eigenvalue weighted by molar-refractivity contribution is 5.84. The molecule has 1 aromatic rings. The van der Waals surface area contributed by atoms with Gasteiger partial charge in [-0.1, -0.05) is 0 Å². The van der Waals surface area contributed by atoms with Crippen LogP contribution in [0.25, 0.3) is 0 Å².